The number of halogens is 1. The molecule has 0 aromatic heterocycles. The van der Waals surface area contributed by atoms with Gasteiger partial charge >= 0.3 is 5.97 Å². The van der Waals surface area contributed by atoms with Gasteiger partial charge in [0.25, 0.3) is 0 Å². The summed E-state index contributed by atoms with van der Waals surface area (Å²) in [4.78, 5) is 11.4. The minimum absolute atomic E-state index is 0.246. The van der Waals surface area contributed by atoms with Crippen LogP contribution in [0.4, 0.5) is 22.7 Å². The van der Waals surface area contributed by atoms with E-state index < -0.39 is 5.97 Å². The fourth-order valence-corrected chi connectivity index (χ4v) is 7.36. The summed E-state index contributed by atoms with van der Waals surface area (Å²) in [6.45, 7) is 0. The first-order valence-corrected chi connectivity index (χ1v) is 12.6. The molecule has 0 heterocycles. The van der Waals surface area contributed by atoms with Crippen molar-refractivity contribution in [1.82, 2.24) is 0 Å². The summed E-state index contributed by atoms with van der Waals surface area (Å²) < 4.78 is 0. The summed E-state index contributed by atoms with van der Waals surface area (Å²) in [5.74, 6) is 1.79. The maximum Gasteiger partial charge on any atom is 0.337 e. The van der Waals surface area contributed by atoms with Crippen LogP contribution in [0.25, 0.3) is 0 Å². The summed E-state index contributed by atoms with van der Waals surface area (Å²) in [6, 6.07) is 21.3. The molecule has 7 rings (SSSR count). The lowest BCUT2D eigenvalue weighted by molar-refractivity contribution is -0.00518. The molecule has 4 nitrogen and oxygen atoms in total. The summed E-state index contributed by atoms with van der Waals surface area (Å²) in [7, 11) is 0. The Morgan fingerprint density at radius 3 is 1.91 bits per heavy atom. The summed E-state index contributed by atoms with van der Waals surface area (Å²) >= 11 is 6.77. The van der Waals surface area contributed by atoms with Gasteiger partial charge in [0.1, 0.15) is 0 Å². The lowest BCUT2D eigenvalue weighted by atomic mass is 9.48. The van der Waals surface area contributed by atoms with Gasteiger partial charge in [-0.05, 0) is 116 Å². The molecule has 0 amide bonds. The van der Waals surface area contributed by atoms with Crippen LogP contribution in [0, 0.1) is 17.8 Å². The highest BCUT2D eigenvalue weighted by molar-refractivity contribution is 6.33. The molecule has 0 unspecified atom stereocenters. The molecule has 0 saturated heterocycles. The molecule has 0 radical (unpaired) electrons. The molecule has 34 heavy (non-hydrogen) atoms. The van der Waals surface area contributed by atoms with Crippen molar-refractivity contribution in [2.24, 2.45) is 17.8 Å². The average molecular weight is 473 g/mol. The van der Waals surface area contributed by atoms with Crippen molar-refractivity contribution < 1.29 is 9.90 Å². The van der Waals surface area contributed by atoms with Crippen LogP contribution in [-0.2, 0) is 5.41 Å². The minimum atomic E-state index is -0.951. The number of benzene rings is 3. The first-order chi connectivity index (χ1) is 16.5. The molecule has 4 saturated carbocycles. The number of anilines is 4. The number of hydrogen-bond acceptors (Lipinski definition) is 3. The zero-order valence-electron chi connectivity index (χ0n) is 19.1. The van der Waals surface area contributed by atoms with Gasteiger partial charge in [-0.1, -0.05) is 29.8 Å². The van der Waals surface area contributed by atoms with Gasteiger partial charge in [-0.25, -0.2) is 4.79 Å². The van der Waals surface area contributed by atoms with E-state index in [9.17, 15) is 9.90 Å². The van der Waals surface area contributed by atoms with Crippen LogP contribution >= 0.6 is 11.6 Å². The van der Waals surface area contributed by atoms with Crippen LogP contribution in [-0.4, -0.2) is 11.1 Å². The molecular formula is C29H29ClN2O2. The Kier molecular flexibility index (Phi) is 5.29. The molecular weight excluding hydrogens is 444 g/mol. The summed E-state index contributed by atoms with van der Waals surface area (Å²) in [5, 5.41) is 16.8. The van der Waals surface area contributed by atoms with E-state index in [1.165, 1.54) is 44.1 Å². The standard InChI is InChI=1S/C29H29ClN2O2/c30-25-14-21(29-15-18-11-19(16-29)13-20(12-18)17-29)5-10-27(25)32-23-8-6-22(7-9-23)31-26-4-2-1-3-24(26)28(33)34/h1-10,14,18-20,31-32H,11-13,15-17H2,(H,33,34). The maximum absolute atomic E-state index is 11.4. The quantitative estimate of drug-likeness (QED) is 0.340. The zero-order valence-corrected chi connectivity index (χ0v) is 19.8. The minimum Gasteiger partial charge on any atom is -0.478 e. The van der Waals surface area contributed by atoms with Crippen molar-refractivity contribution in [1.29, 1.82) is 0 Å². The van der Waals surface area contributed by atoms with E-state index in [1.54, 1.807) is 18.2 Å². The predicted octanol–water partition coefficient (Wildman–Crippen LogP) is 7.99. The third kappa shape index (κ3) is 3.94. The van der Waals surface area contributed by atoms with Crippen LogP contribution in [0.2, 0.25) is 5.02 Å². The number of carboxylic acid groups (broad SMARTS) is 1. The fraction of sp³-hybridized carbons (Fsp3) is 0.345. The van der Waals surface area contributed by atoms with Gasteiger partial charge < -0.3 is 15.7 Å². The van der Waals surface area contributed by atoms with Gasteiger partial charge in [0.05, 0.1) is 22.0 Å². The highest BCUT2D eigenvalue weighted by atomic mass is 35.5. The molecule has 5 heteroatoms. The molecule has 174 valence electrons. The van der Waals surface area contributed by atoms with Gasteiger partial charge in [-0.15, -0.1) is 0 Å². The molecule has 3 aromatic carbocycles. The predicted molar refractivity (Wildman–Crippen MR) is 138 cm³/mol. The Morgan fingerprint density at radius 2 is 1.35 bits per heavy atom. The molecule has 4 bridgehead atoms. The van der Waals surface area contributed by atoms with E-state index >= 15 is 0 Å². The third-order valence-electron chi connectivity index (χ3n) is 8.22. The van der Waals surface area contributed by atoms with E-state index in [2.05, 4.69) is 28.8 Å². The Hall–Kier alpha value is -2.98. The molecule has 4 aliphatic carbocycles. The van der Waals surface area contributed by atoms with Crippen molar-refractivity contribution in [2.45, 2.75) is 43.9 Å². The van der Waals surface area contributed by atoms with Gasteiger partial charge in [0, 0.05) is 11.4 Å². The first kappa shape index (κ1) is 21.5. The van der Waals surface area contributed by atoms with Crippen molar-refractivity contribution >= 4 is 40.3 Å². The molecule has 4 fully saturated rings. The Morgan fingerprint density at radius 1 is 0.794 bits per heavy atom. The monoisotopic (exact) mass is 472 g/mol. The number of nitrogens with one attached hydrogen (secondary N) is 2. The molecule has 0 spiro atoms. The maximum atomic E-state index is 11.4. The zero-order chi connectivity index (χ0) is 23.3. The van der Waals surface area contributed by atoms with E-state index in [1.807, 2.05) is 30.3 Å². The van der Waals surface area contributed by atoms with Crippen LogP contribution in [0.5, 0.6) is 0 Å². The first-order valence-electron chi connectivity index (χ1n) is 12.2. The van der Waals surface area contributed by atoms with Crippen LogP contribution < -0.4 is 10.6 Å². The second kappa shape index (κ2) is 8.35. The van der Waals surface area contributed by atoms with E-state index in [4.69, 9.17) is 11.6 Å². The van der Waals surface area contributed by atoms with Crippen molar-refractivity contribution in [3.63, 3.8) is 0 Å². The molecule has 3 N–H and O–H groups in total. The molecule has 3 aromatic rings. The number of carboxylic acids is 1. The topological polar surface area (TPSA) is 61.4 Å². The molecule has 0 atom stereocenters. The van der Waals surface area contributed by atoms with E-state index in [-0.39, 0.29) is 5.56 Å². The van der Waals surface area contributed by atoms with Crippen molar-refractivity contribution in [3.05, 3.63) is 82.9 Å². The Balaban J connectivity index is 1.17. The van der Waals surface area contributed by atoms with Gasteiger partial charge in [0.15, 0.2) is 0 Å². The largest absolute Gasteiger partial charge is 0.478 e. The van der Waals surface area contributed by atoms with Gasteiger partial charge in [0.2, 0.25) is 0 Å². The number of aromatic carboxylic acids is 1. The Bertz CT molecular complexity index is 1200. The van der Waals surface area contributed by atoms with Crippen LogP contribution in [0.3, 0.4) is 0 Å². The summed E-state index contributed by atoms with van der Waals surface area (Å²) in [5.41, 5.74) is 5.25. The van der Waals surface area contributed by atoms with Crippen molar-refractivity contribution in [3.8, 4) is 0 Å². The number of carbonyl (C=O) groups is 1. The number of para-hydroxylation sites is 1. The number of rotatable bonds is 6. The summed E-state index contributed by atoms with van der Waals surface area (Å²) in [6.07, 6.45) is 8.34. The SMILES string of the molecule is O=C(O)c1ccccc1Nc1ccc(Nc2ccc(C34CC5CC(CC(C5)C3)C4)cc2Cl)cc1. The van der Waals surface area contributed by atoms with Crippen molar-refractivity contribution in [2.75, 3.05) is 10.6 Å². The van der Waals surface area contributed by atoms with E-state index in [0.717, 1.165) is 39.8 Å². The van der Waals surface area contributed by atoms with E-state index in [0.29, 0.717) is 11.1 Å². The van der Waals surface area contributed by atoms with Gasteiger partial charge in [-0.2, -0.15) is 0 Å². The average Bonchev–Trinajstić information content (AvgIpc) is 2.81. The lowest BCUT2D eigenvalue weighted by Gasteiger charge is -2.57. The lowest BCUT2D eigenvalue weighted by Crippen LogP contribution is -2.48. The number of hydrogen-bond donors (Lipinski definition) is 3. The highest BCUT2D eigenvalue weighted by Crippen LogP contribution is 2.61. The fourth-order valence-electron chi connectivity index (χ4n) is 7.14. The Labute approximate surface area is 205 Å². The second-order valence-corrected chi connectivity index (χ2v) is 11.0. The third-order valence-corrected chi connectivity index (χ3v) is 8.53. The normalized spacial score (nSPS) is 26.9. The molecule has 4 aliphatic rings. The highest BCUT2D eigenvalue weighted by Gasteiger charge is 2.51. The van der Waals surface area contributed by atoms with Gasteiger partial charge in [-0.3, -0.25) is 0 Å². The molecule has 0 aliphatic heterocycles. The van der Waals surface area contributed by atoms with Crippen LogP contribution in [0.15, 0.2) is 66.7 Å². The second-order valence-electron chi connectivity index (χ2n) is 10.6. The smallest absolute Gasteiger partial charge is 0.337 e. The van der Waals surface area contributed by atoms with Crippen LogP contribution in [0.1, 0.15) is 54.4 Å².